The SMILES string of the molecule is O=C(Cc1ccc(Cl)cc1)Nc1ccc(-c2nc3ncccc3o2)cc1. The molecular formula is C20H14ClN3O2. The first kappa shape index (κ1) is 16.3. The summed E-state index contributed by atoms with van der Waals surface area (Å²) < 4.78 is 5.69. The van der Waals surface area contributed by atoms with E-state index in [0.29, 0.717) is 27.8 Å². The molecule has 2 aromatic heterocycles. The standard InChI is InChI=1S/C20H14ClN3O2/c21-15-7-3-13(4-8-15)12-18(25)23-16-9-5-14(6-10-16)20-24-19-17(26-20)2-1-11-22-19/h1-11H,12H2,(H,23,25). The number of anilines is 1. The number of amides is 1. The molecule has 0 aliphatic heterocycles. The van der Waals surface area contributed by atoms with Crippen molar-refractivity contribution in [3.63, 3.8) is 0 Å². The third-order valence-electron chi connectivity index (χ3n) is 3.86. The summed E-state index contributed by atoms with van der Waals surface area (Å²) in [5.41, 5.74) is 3.65. The van der Waals surface area contributed by atoms with Crippen LogP contribution in [-0.2, 0) is 11.2 Å². The van der Waals surface area contributed by atoms with Crippen LogP contribution in [0.3, 0.4) is 0 Å². The van der Waals surface area contributed by atoms with Crippen LogP contribution in [0.5, 0.6) is 0 Å². The van der Waals surface area contributed by atoms with Gasteiger partial charge in [0.05, 0.1) is 6.42 Å². The highest BCUT2D eigenvalue weighted by Crippen LogP contribution is 2.24. The minimum atomic E-state index is -0.0915. The van der Waals surface area contributed by atoms with E-state index in [0.717, 1.165) is 11.1 Å². The zero-order valence-corrected chi connectivity index (χ0v) is 14.4. The summed E-state index contributed by atoms with van der Waals surface area (Å²) in [6, 6.07) is 18.2. The average molecular weight is 364 g/mol. The van der Waals surface area contributed by atoms with E-state index in [4.69, 9.17) is 16.0 Å². The van der Waals surface area contributed by atoms with Crippen molar-refractivity contribution in [2.45, 2.75) is 6.42 Å². The van der Waals surface area contributed by atoms with Gasteiger partial charge >= 0.3 is 0 Å². The smallest absolute Gasteiger partial charge is 0.228 e. The molecule has 0 atom stereocenters. The second-order valence-electron chi connectivity index (χ2n) is 5.77. The zero-order valence-electron chi connectivity index (χ0n) is 13.6. The number of nitrogens with zero attached hydrogens (tertiary/aromatic N) is 2. The van der Waals surface area contributed by atoms with Crippen LogP contribution in [-0.4, -0.2) is 15.9 Å². The molecule has 0 aliphatic carbocycles. The van der Waals surface area contributed by atoms with Gasteiger partial charge in [-0.2, -0.15) is 4.98 Å². The van der Waals surface area contributed by atoms with Crippen LogP contribution in [0, 0.1) is 0 Å². The minimum absolute atomic E-state index is 0.0915. The number of benzene rings is 2. The van der Waals surface area contributed by atoms with E-state index < -0.39 is 0 Å². The topological polar surface area (TPSA) is 68.0 Å². The Morgan fingerprint density at radius 1 is 1.04 bits per heavy atom. The number of carbonyl (C=O) groups is 1. The van der Waals surface area contributed by atoms with E-state index in [2.05, 4.69) is 15.3 Å². The number of hydrogen-bond donors (Lipinski definition) is 1. The molecule has 0 saturated heterocycles. The second kappa shape index (κ2) is 6.98. The van der Waals surface area contributed by atoms with E-state index in [1.54, 1.807) is 24.4 Å². The van der Waals surface area contributed by atoms with E-state index in [1.165, 1.54) is 0 Å². The highest BCUT2D eigenvalue weighted by Gasteiger charge is 2.09. The van der Waals surface area contributed by atoms with Gasteiger partial charge in [0.1, 0.15) is 0 Å². The molecule has 0 spiro atoms. The van der Waals surface area contributed by atoms with Gasteiger partial charge in [-0.1, -0.05) is 23.7 Å². The van der Waals surface area contributed by atoms with Gasteiger partial charge in [0.25, 0.3) is 0 Å². The van der Waals surface area contributed by atoms with E-state index in [9.17, 15) is 4.79 Å². The van der Waals surface area contributed by atoms with Gasteiger partial charge in [-0.05, 0) is 54.1 Å². The number of rotatable bonds is 4. The number of hydrogen-bond acceptors (Lipinski definition) is 4. The van der Waals surface area contributed by atoms with Crippen molar-refractivity contribution in [2.24, 2.45) is 0 Å². The monoisotopic (exact) mass is 363 g/mol. The van der Waals surface area contributed by atoms with Gasteiger partial charge in [-0.15, -0.1) is 0 Å². The second-order valence-corrected chi connectivity index (χ2v) is 6.21. The van der Waals surface area contributed by atoms with Crippen LogP contribution >= 0.6 is 11.6 Å². The quantitative estimate of drug-likeness (QED) is 0.569. The number of pyridine rings is 1. The Labute approximate surface area is 154 Å². The molecule has 1 N–H and O–H groups in total. The molecule has 26 heavy (non-hydrogen) atoms. The summed E-state index contributed by atoms with van der Waals surface area (Å²) in [5, 5.41) is 3.53. The predicted molar refractivity (Wildman–Crippen MR) is 101 cm³/mol. The molecule has 4 aromatic rings. The molecule has 4 rings (SSSR count). The first-order chi connectivity index (χ1) is 12.7. The third-order valence-corrected chi connectivity index (χ3v) is 4.11. The lowest BCUT2D eigenvalue weighted by Gasteiger charge is -2.06. The predicted octanol–water partition coefficient (Wildman–Crippen LogP) is 4.72. The minimum Gasteiger partial charge on any atom is -0.434 e. The Morgan fingerprint density at radius 2 is 1.81 bits per heavy atom. The number of aromatic nitrogens is 2. The Morgan fingerprint density at radius 3 is 2.54 bits per heavy atom. The molecule has 0 radical (unpaired) electrons. The molecule has 0 saturated carbocycles. The number of fused-ring (bicyclic) bond motifs is 1. The van der Waals surface area contributed by atoms with Crippen LogP contribution < -0.4 is 5.32 Å². The molecule has 2 heterocycles. The fourth-order valence-electron chi connectivity index (χ4n) is 2.58. The Bertz CT molecular complexity index is 1020. The van der Waals surface area contributed by atoms with Crippen LogP contribution in [0.2, 0.25) is 5.02 Å². The molecule has 0 unspecified atom stereocenters. The summed E-state index contributed by atoms with van der Waals surface area (Å²) >= 11 is 5.85. The van der Waals surface area contributed by atoms with Crippen molar-refractivity contribution >= 4 is 34.4 Å². The van der Waals surface area contributed by atoms with Crippen molar-refractivity contribution in [3.05, 3.63) is 77.4 Å². The summed E-state index contributed by atoms with van der Waals surface area (Å²) in [6.07, 6.45) is 1.96. The van der Waals surface area contributed by atoms with Gasteiger partial charge in [0.2, 0.25) is 11.8 Å². The van der Waals surface area contributed by atoms with Crippen molar-refractivity contribution in [1.29, 1.82) is 0 Å². The van der Waals surface area contributed by atoms with Crippen LogP contribution in [0.4, 0.5) is 5.69 Å². The van der Waals surface area contributed by atoms with Gasteiger partial charge in [0, 0.05) is 22.5 Å². The zero-order chi connectivity index (χ0) is 17.9. The maximum atomic E-state index is 12.2. The maximum absolute atomic E-state index is 12.2. The molecule has 0 aliphatic rings. The van der Waals surface area contributed by atoms with Crippen molar-refractivity contribution < 1.29 is 9.21 Å². The third kappa shape index (κ3) is 3.58. The average Bonchev–Trinajstić information content (AvgIpc) is 3.08. The van der Waals surface area contributed by atoms with Crippen molar-refractivity contribution in [3.8, 4) is 11.5 Å². The molecular weight excluding hydrogens is 350 g/mol. The Hall–Kier alpha value is -3.18. The van der Waals surface area contributed by atoms with Crippen LogP contribution in [0.1, 0.15) is 5.56 Å². The fourth-order valence-corrected chi connectivity index (χ4v) is 2.71. The van der Waals surface area contributed by atoms with Gasteiger partial charge in [-0.25, -0.2) is 4.98 Å². The van der Waals surface area contributed by atoms with E-state index >= 15 is 0 Å². The Kier molecular flexibility index (Phi) is 4.37. The fraction of sp³-hybridized carbons (Fsp3) is 0.0500. The van der Waals surface area contributed by atoms with E-state index in [-0.39, 0.29) is 12.3 Å². The summed E-state index contributed by atoms with van der Waals surface area (Å²) in [5.74, 6) is 0.406. The molecule has 6 heteroatoms. The first-order valence-corrected chi connectivity index (χ1v) is 8.41. The van der Waals surface area contributed by atoms with Gasteiger partial charge in [-0.3, -0.25) is 4.79 Å². The number of nitrogens with one attached hydrogen (secondary N) is 1. The maximum Gasteiger partial charge on any atom is 0.228 e. The lowest BCUT2D eigenvalue weighted by Crippen LogP contribution is -2.14. The van der Waals surface area contributed by atoms with Crippen LogP contribution in [0.25, 0.3) is 22.7 Å². The molecule has 0 fully saturated rings. The Balaban J connectivity index is 1.45. The molecule has 128 valence electrons. The summed E-state index contributed by atoms with van der Waals surface area (Å²) in [6.45, 7) is 0. The van der Waals surface area contributed by atoms with Crippen molar-refractivity contribution in [2.75, 3.05) is 5.32 Å². The highest BCUT2D eigenvalue weighted by atomic mass is 35.5. The molecule has 1 amide bonds. The highest BCUT2D eigenvalue weighted by molar-refractivity contribution is 6.30. The van der Waals surface area contributed by atoms with E-state index in [1.807, 2.05) is 42.5 Å². The largest absolute Gasteiger partial charge is 0.434 e. The summed E-state index contributed by atoms with van der Waals surface area (Å²) in [4.78, 5) is 20.7. The van der Waals surface area contributed by atoms with Gasteiger partial charge < -0.3 is 9.73 Å². The molecule has 0 bridgehead atoms. The first-order valence-electron chi connectivity index (χ1n) is 8.04. The molecule has 5 nitrogen and oxygen atoms in total. The summed E-state index contributed by atoms with van der Waals surface area (Å²) in [7, 11) is 0. The normalized spacial score (nSPS) is 10.8. The number of oxazole rings is 1. The number of halogens is 1. The number of carbonyl (C=O) groups excluding carboxylic acids is 1. The van der Waals surface area contributed by atoms with Gasteiger partial charge in [0.15, 0.2) is 11.2 Å². The lowest BCUT2D eigenvalue weighted by atomic mass is 10.1. The lowest BCUT2D eigenvalue weighted by molar-refractivity contribution is -0.115. The van der Waals surface area contributed by atoms with Crippen LogP contribution in [0.15, 0.2) is 71.3 Å². The molecule has 2 aromatic carbocycles. The van der Waals surface area contributed by atoms with Crippen molar-refractivity contribution in [1.82, 2.24) is 9.97 Å².